The van der Waals surface area contributed by atoms with Crippen LogP contribution >= 0.6 is 0 Å². The number of aromatic nitrogens is 1. The number of aliphatic carboxylic acids is 1. The van der Waals surface area contributed by atoms with Crippen molar-refractivity contribution >= 4 is 11.9 Å². The molecule has 1 aliphatic rings. The molecule has 0 saturated carbocycles. The lowest BCUT2D eigenvalue weighted by Crippen LogP contribution is -2.66. The summed E-state index contributed by atoms with van der Waals surface area (Å²) in [6.07, 6.45) is 2.38. The average molecular weight is 307 g/mol. The van der Waals surface area contributed by atoms with Gasteiger partial charge in [0.1, 0.15) is 11.6 Å². The van der Waals surface area contributed by atoms with E-state index >= 15 is 0 Å². The molecule has 0 amide bonds. The number of hydrogen-bond donors (Lipinski definition) is 2. The third kappa shape index (κ3) is 3.42. The summed E-state index contributed by atoms with van der Waals surface area (Å²) in [6, 6.07) is 2.43. The Kier molecular flexibility index (Phi) is 4.48. The molecule has 2 rings (SSSR count). The van der Waals surface area contributed by atoms with Gasteiger partial charge in [0.2, 0.25) is 0 Å². The fraction of sp³-hybridized carbons (Fsp3) is 0.533. The number of nitrogens with zero attached hydrogens (tertiary/aromatic N) is 2. The molecular formula is C15H21N3O4. The molecule has 7 nitrogen and oxygen atoms in total. The Morgan fingerprint density at radius 2 is 2.18 bits per heavy atom. The monoisotopic (exact) mass is 307 g/mol. The van der Waals surface area contributed by atoms with Crippen LogP contribution in [-0.2, 0) is 14.3 Å². The molecule has 1 saturated heterocycles. The summed E-state index contributed by atoms with van der Waals surface area (Å²) in [5, 5.41) is 9.45. The lowest BCUT2D eigenvalue weighted by atomic mass is 9.91. The van der Waals surface area contributed by atoms with E-state index in [1.54, 1.807) is 44.0 Å². The van der Waals surface area contributed by atoms with E-state index in [0.29, 0.717) is 5.56 Å². The van der Waals surface area contributed by atoms with Gasteiger partial charge in [0.25, 0.3) is 0 Å². The summed E-state index contributed by atoms with van der Waals surface area (Å²) in [5.41, 5.74) is 5.95. The maximum atomic E-state index is 12.0. The molecule has 0 spiro atoms. The number of hydrogen-bond acceptors (Lipinski definition) is 6. The van der Waals surface area contributed by atoms with Gasteiger partial charge in [0.15, 0.2) is 0 Å². The smallest absolute Gasteiger partial charge is 0.325 e. The van der Waals surface area contributed by atoms with E-state index in [-0.39, 0.29) is 6.54 Å². The number of pyridine rings is 1. The van der Waals surface area contributed by atoms with Crippen molar-refractivity contribution in [1.82, 2.24) is 9.88 Å². The predicted octanol–water partition coefficient (Wildman–Crippen LogP) is 0.766. The number of nitrogens with two attached hydrogens (primary N) is 1. The predicted molar refractivity (Wildman–Crippen MR) is 78.6 cm³/mol. The first kappa shape index (κ1) is 16.4. The highest BCUT2D eigenvalue weighted by molar-refractivity contribution is 5.78. The maximum absolute atomic E-state index is 12.0. The molecule has 120 valence electrons. The van der Waals surface area contributed by atoms with E-state index in [4.69, 9.17) is 10.5 Å². The number of likely N-dealkylation sites (tertiary alicyclic amines) is 1. The molecule has 3 N–H and O–H groups in total. The van der Waals surface area contributed by atoms with E-state index in [1.807, 2.05) is 0 Å². The fourth-order valence-electron chi connectivity index (χ4n) is 2.43. The fourth-order valence-corrected chi connectivity index (χ4v) is 2.43. The Morgan fingerprint density at radius 3 is 2.64 bits per heavy atom. The van der Waals surface area contributed by atoms with Crippen LogP contribution in [0.5, 0.6) is 0 Å². The van der Waals surface area contributed by atoms with E-state index in [2.05, 4.69) is 4.98 Å². The zero-order valence-corrected chi connectivity index (χ0v) is 12.9. The van der Waals surface area contributed by atoms with Crippen molar-refractivity contribution in [3.63, 3.8) is 0 Å². The van der Waals surface area contributed by atoms with Crippen LogP contribution in [0.3, 0.4) is 0 Å². The summed E-state index contributed by atoms with van der Waals surface area (Å²) in [7, 11) is 0. The number of carbonyl (C=O) groups is 2. The van der Waals surface area contributed by atoms with Gasteiger partial charge < -0.3 is 15.6 Å². The van der Waals surface area contributed by atoms with Gasteiger partial charge in [0, 0.05) is 18.9 Å². The highest BCUT2D eigenvalue weighted by Crippen LogP contribution is 2.33. The van der Waals surface area contributed by atoms with Crippen LogP contribution < -0.4 is 5.73 Å². The quantitative estimate of drug-likeness (QED) is 0.791. The minimum atomic E-state index is -1.02. The molecule has 1 aliphatic heterocycles. The van der Waals surface area contributed by atoms with Gasteiger partial charge in [-0.1, -0.05) is 6.07 Å². The molecule has 22 heavy (non-hydrogen) atoms. The Balaban J connectivity index is 2.09. The maximum Gasteiger partial charge on any atom is 0.325 e. The first-order valence-corrected chi connectivity index (χ1v) is 7.07. The van der Waals surface area contributed by atoms with E-state index in [0.717, 1.165) is 0 Å². The van der Waals surface area contributed by atoms with Crippen LogP contribution in [-0.4, -0.2) is 45.2 Å². The standard InChI is InChI=1S/C15H21N3O4/c1-15(2,3)22-14(21)10-8-18(12(10)16)11(13(19)20)9-5-4-6-17-7-9/h4-7,10-12H,8,16H2,1-3H3,(H,19,20). The topological polar surface area (TPSA) is 106 Å². The van der Waals surface area contributed by atoms with Crippen molar-refractivity contribution in [2.45, 2.75) is 38.6 Å². The summed E-state index contributed by atoms with van der Waals surface area (Å²) in [4.78, 5) is 29.1. The number of carboxylic acid groups (broad SMARTS) is 1. The molecule has 2 heterocycles. The first-order chi connectivity index (χ1) is 10.2. The molecule has 0 aromatic carbocycles. The molecule has 0 aliphatic carbocycles. The second kappa shape index (κ2) is 6.02. The van der Waals surface area contributed by atoms with Gasteiger partial charge in [-0.25, -0.2) is 0 Å². The second-order valence-electron chi connectivity index (χ2n) is 6.35. The van der Waals surface area contributed by atoms with Gasteiger partial charge in [-0.2, -0.15) is 0 Å². The SMILES string of the molecule is CC(C)(C)OC(=O)C1CN(C(C(=O)O)c2cccnc2)C1N. The molecular weight excluding hydrogens is 286 g/mol. The number of carboxylic acids is 1. The molecule has 1 fully saturated rings. The van der Waals surface area contributed by atoms with Crippen LogP contribution in [0.15, 0.2) is 24.5 Å². The number of rotatable bonds is 4. The molecule has 3 atom stereocenters. The third-order valence-electron chi connectivity index (χ3n) is 3.48. The summed E-state index contributed by atoms with van der Waals surface area (Å²) in [5.74, 6) is -1.93. The number of carbonyl (C=O) groups excluding carboxylic acids is 1. The van der Waals surface area contributed by atoms with E-state index < -0.39 is 35.7 Å². The Hall–Kier alpha value is -1.99. The van der Waals surface area contributed by atoms with Crippen molar-refractivity contribution in [3.05, 3.63) is 30.1 Å². The third-order valence-corrected chi connectivity index (χ3v) is 3.48. The lowest BCUT2D eigenvalue weighted by molar-refractivity contribution is -0.176. The van der Waals surface area contributed by atoms with Gasteiger partial charge >= 0.3 is 11.9 Å². The second-order valence-corrected chi connectivity index (χ2v) is 6.35. The Morgan fingerprint density at radius 1 is 1.50 bits per heavy atom. The molecule has 1 aromatic heterocycles. The van der Waals surface area contributed by atoms with Crippen LogP contribution in [0.4, 0.5) is 0 Å². The van der Waals surface area contributed by atoms with Crippen LogP contribution in [0.1, 0.15) is 32.4 Å². The van der Waals surface area contributed by atoms with Crippen LogP contribution in [0.25, 0.3) is 0 Å². The van der Waals surface area contributed by atoms with Gasteiger partial charge in [-0.05, 0) is 32.4 Å². The summed E-state index contributed by atoms with van der Waals surface area (Å²) in [6.45, 7) is 5.59. The molecule has 0 bridgehead atoms. The number of ether oxygens (including phenoxy) is 1. The molecule has 7 heteroatoms. The van der Waals surface area contributed by atoms with E-state index in [1.165, 1.54) is 6.20 Å². The summed E-state index contributed by atoms with van der Waals surface area (Å²) >= 11 is 0. The largest absolute Gasteiger partial charge is 0.480 e. The van der Waals surface area contributed by atoms with Gasteiger partial charge in [0.05, 0.1) is 12.1 Å². The van der Waals surface area contributed by atoms with Crippen molar-refractivity contribution in [1.29, 1.82) is 0 Å². The van der Waals surface area contributed by atoms with Crippen molar-refractivity contribution in [3.8, 4) is 0 Å². The van der Waals surface area contributed by atoms with Crippen LogP contribution in [0.2, 0.25) is 0 Å². The highest BCUT2D eigenvalue weighted by Gasteiger charge is 2.48. The number of esters is 1. The van der Waals surface area contributed by atoms with E-state index in [9.17, 15) is 14.7 Å². The first-order valence-electron chi connectivity index (χ1n) is 7.07. The average Bonchev–Trinajstić information content (AvgIpc) is 2.40. The summed E-state index contributed by atoms with van der Waals surface area (Å²) < 4.78 is 5.30. The zero-order chi connectivity index (χ0) is 16.5. The van der Waals surface area contributed by atoms with Crippen molar-refractivity contribution in [2.75, 3.05) is 6.54 Å². The Labute approximate surface area is 129 Å². The minimum Gasteiger partial charge on any atom is -0.480 e. The molecule has 1 aromatic rings. The van der Waals surface area contributed by atoms with Crippen molar-refractivity contribution in [2.24, 2.45) is 11.7 Å². The van der Waals surface area contributed by atoms with Crippen molar-refractivity contribution < 1.29 is 19.4 Å². The zero-order valence-electron chi connectivity index (χ0n) is 12.9. The van der Waals surface area contributed by atoms with Gasteiger partial charge in [-0.3, -0.25) is 19.5 Å². The minimum absolute atomic E-state index is 0.252. The lowest BCUT2D eigenvalue weighted by Gasteiger charge is -2.47. The van der Waals surface area contributed by atoms with Gasteiger partial charge in [-0.15, -0.1) is 0 Å². The molecule has 3 unspecified atom stereocenters. The highest BCUT2D eigenvalue weighted by atomic mass is 16.6. The normalized spacial score (nSPS) is 23.5. The Bertz CT molecular complexity index is 556. The molecule has 0 radical (unpaired) electrons. The van der Waals surface area contributed by atoms with Crippen LogP contribution in [0, 0.1) is 5.92 Å².